The number of nitrogens with one attached hydrogen (secondary N) is 3. The van der Waals surface area contributed by atoms with Gasteiger partial charge in [0.2, 0.25) is 5.91 Å². The molecule has 0 radical (unpaired) electrons. The first-order valence-electron chi connectivity index (χ1n) is 15.0. The van der Waals surface area contributed by atoms with E-state index in [4.69, 9.17) is 4.74 Å². The molecule has 11 nitrogen and oxygen atoms in total. The summed E-state index contributed by atoms with van der Waals surface area (Å²) in [6.07, 6.45) is 2.47. The van der Waals surface area contributed by atoms with Gasteiger partial charge in [-0.2, -0.15) is 5.10 Å². The van der Waals surface area contributed by atoms with E-state index in [1.807, 2.05) is 32.9 Å². The van der Waals surface area contributed by atoms with Crippen molar-refractivity contribution >= 4 is 28.7 Å². The smallest absolute Gasteiger partial charge is 0.407 e. The number of carbonyl (C=O) groups is 3. The summed E-state index contributed by atoms with van der Waals surface area (Å²) in [5.74, 6) is -1.08. The summed E-state index contributed by atoms with van der Waals surface area (Å²) in [6, 6.07) is 11.6. The van der Waals surface area contributed by atoms with Crippen LogP contribution >= 0.6 is 0 Å². The minimum absolute atomic E-state index is 0.0287. The molecule has 2 heterocycles. The van der Waals surface area contributed by atoms with Crippen LogP contribution < -0.4 is 16.2 Å². The zero-order valence-corrected chi connectivity index (χ0v) is 25.6. The lowest BCUT2D eigenvalue weighted by atomic mass is 10.0. The van der Waals surface area contributed by atoms with E-state index in [9.17, 15) is 23.6 Å². The number of ether oxygens (including phenoxy) is 1. The van der Waals surface area contributed by atoms with Gasteiger partial charge in [0.05, 0.1) is 23.2 Å². The van der Waals surface area contributed by atoms with E-state index in [0.29, 0.717) is 67.7 Å². The van der Waals surface area contributed by atoms with Gasteiger partial charge in [0.1, 0.15) is 11.4 Å². The highest BCUT2D eigenvalue weighted by Crippen LogP contribution is 2.20. The van der Waals surface area contributed by atoms with Crippen molar-refractivity contribution in [1.82, 2.24) is 30.6 Å². The lowest BCUT2D eigenvalue weighted by molar-refractivity contribution is -0.131. The maximum atomic E-state index is 14.8. The van der Waals surface area contributed by atoms with Gasteiger partial charge in [0.25, 0.3) is 11.5 Å². The minimum Gasteiger partial charge on any atom is -0.444 e. The van der Waals surface area contributed by atoms with Crippen molar-refractivity contribution < 1.29 is 23.5 Å². The molecule has 1 saturated heterocycles. The first-order valence-corrected chi connectivity index (χ1v) is 15.0. The summed E-state index contributed by atoms with van der Waals surface area (Å²) in [6.45, 7) is 8.24. The van der Waals surface area contributed by atoms with Gasteiger partial charge in [-0.15, -0.1) is 0 Å². The van der Waals surface area contributed by atoms with Crippen LogP contribution in [-0.2, 0) is 16.0 Å². The Bertz CT molecular complexity index is 1530. The van der Waals surface area contributed by atoms with E-state index in [1.165, 1.54) is 12.1 Å². The number of benzene rings is 2. The Hall–Kier alpha value is -4.32. The monoisotopic (exact) mass is 608 g/mol. The first-order chi connectivity index (χ1) is 21.0. The second kappa shape index (κ2) is 14.9. The van der Waals surface area contributed by atoms with Gasteiger partial charge >= 0.3 is 6.09 Å². The average molecular weight is 609 g/mol. The van der Waals surface area contributed by atoms with E-state index < -0.39 is 23.4 Å². The van der Waals surface area contributed by atoms with Gasteiger partial charge in [0, 0.05) is 44.5 Å². The Labute approximate surface area is 256 Å². The lowest BCUT2D eigenvalue weighted by Gasteiger charge is -2.35. The number of hydrogen-bond acceptors (Lipinski definition) is 7. The number of amides is 3. The Morgan fingerprint density at radius 1 is 0.955 bits per heavy atom. The van der Waals surface area contributed by atoms with Gasteiger partial charge in [-0.1, -0.05) is 30.7 Å². The van der Waals surface area contributed by atoms with E-state index in [-0.39, 0.29) is 23.6 Å². The molecule has 1 aromatic heterocycles. The predicted octanol–water partition coefficient (Wildman–Crippen LogP) is 3.22. The third-order valence-electron chi connectivity index (χ3n) is 7.30. The Kier molecular flexibility index (Phi) is 11.0. The second-order valence-electron chi connectivity index (χ2n) is 11.9. The van der Waals surface area contributed by atoms with E-state index in [2.05, 4.69) is 20.8 Å². The highest BCUT2D eigenvalue weighted by Gasteiger charge is 2.26. The third kappa shape index (κ3) is 9.09. The molecule has 44 heavy (non-hydrogen) atoms. The minimum atomic E-state index is -0.610. The molecule has 0 atom stereocenters. The number of alkyl carbamates (subject to hydrolysis) is 1. The highest BCUT2D eigenvalue weighted by atomic mass is 19.1. The number of H-pyrrole nitrogens is 1. The summed E-state index contributed by atoms with van der Waals surface area (Å²) in [5, 5.41) is 13.8. The molecule has 236 valence electrons. The van der Waals surface area contributed by atoms with Crippen LogP contribution in [0.1, 0.15) is 61.6 Å². The number of piperazine rings is 1. The lowest BCUT2D eigenvalue weighted by Crippen LogP contribution is -2.52. The van der Waals surface area contributed by atoms with Gasteiger partial charge < -0.3 is 25.2 Å². The molecule has 1 aliphatic rings. The third-order valence-corrected chi connectivity index (χ3v) is 7.30. The molecule has 0 aliphatic carbocycles. The topological polar surface area (TPSA) is 137 Å². The van der Waals surface area contributed by atoms with Crippen LogP contribution in [-0.4, -0.2) is 89.3 Å². The zero-order chi connectivity index (χ0) is 31.7. The normalized spacial score (nSPS) is 13.6. The Morgan fingerprint density at radius 3 is 2.36 bits per heavy atom. The fourth-order valence-electron chi connectivity index (χ4n) is 5.04. The maximum absolute atomic E-state index is 14.8. The number of aromatic nitrogens is 2. The first kappa shape index (κ1) is 32.6. The molecule has 0 spiro atoms. The molecule has 1 fully saturated rings. The summed E-state index contributed by atoms with van der Waals surface area (Å²) in [7, 11) is 0. The molecule has 3 amide bonds. The number of aromatic amines is 1. The van der Waals surface area contributed by atoms with Crippen LogP contribution in [0.4, 0.5) is 9.18 Å². The van der Waals surface area contributed by atoms with Crippen LogP contribution in [0.3, 0.4) is 0 Å². The van der Waals surface area contributed by atoms with E-state index in [0.717, 1.165) is 19.3 Å². The van der Waals surface area contributed by atoms with Gasteiger partial charge in [0.15, 0.2) is 0 Å². The number of carbonyl (C=O) groups excluding carboxylic acids is 3. The van der Waals surface area contributed by atoms with Crippen molar-refractivity contribution in [2.45, 2.75) is 52.1 Å². The second-order valence-corrected chi connectivity index (χ2v) is 11.9. The number of halogens is 1. The van der Waals surface area contributed by atoms with Crippen molar-refractivity contribution in [3.8, 4) is 0 Å². The molecule has 0 saturated carbocycles. The molecular formula is C32H41FN6O5. The molecular weight excluding hydrogens is 567 g/mol. The largest absolute Gasteiger partial charge is 0.444 e. The molecule has 12 heteroatoms. The number of unbranched alkanes of at least 4 members (excludes halogenated alkanes) is 2. The molecule has 1 aliphatic heterocycles. The van der Waals surface area contributed by atoms with Crippen LogP contribution in [0.15, 0.2) is 47.3 Å². The van der Waals surface area contributed by atoms with Crippen LogP contribution in [0.2, 0.25) is 0 Å². The SMILES string of the molecule is CC(C)(C)OC(=O)NCCCCCNCC(=O)N1CCN(C(=O)c2cc(Cc3n[nH]c(=O)c4ccccc34)ccc2F)CC1. The molecule has 3 aromatic rings. The van der Waals surface area contributed by atoms with Crippen LogP contribution in [0.25, 0.3) is 10.8 Å². The summed E-state index contributed by atoms with van der Waals surface area (Å²) in [5.41, 5.74) is 0.488. The van der Waals surface area contributed by atoms with Crippen molar-refractivity contribution in [2.24, 2.45) is 0 Å². The highest BCUT2D eigenvalue weighted by molar-refractivity contribution is 5.95. The summed E-state index contributed by atoms with van der Waals surface area (Å²) >= 11 is 0. The zero-order valence-electron chi connectivity index (χ0n) is 25.6. The quantitative estimate of drug-likeness (QED) is 0.285. The maximum Gasteiger partial charge on any atom is 0.407 e. The van der Waals surface area contributed by atoms with Crippen molar-refractivity contribution in [1.29, 1.82) is 0 Å². The number of hydrogen-bond donors (Lipinski definition) is 3. The van der Waals surface area contributed by atoms with E-state index in [1.54, 1.807) is 28.0 Å². The van der Waals surface area contributed by atoms with E-state index >= 15 is 0 Å². The average Bonchev–Trinajstić information content (AvgIpc) is 2.99. The van der Waals surface area contributed by atoms with Crippen molar-refractivity contribution in [3.05, 3.63) is 75.5 Å². The number of fused-ring (bicyclic) bond motifs is 1. The molecule has 3 N–H and O–H groups in total. The summed E-state index contributed by atoms with van der Waals surface area (Å²) in [4.78, 5) is 53.0. The van der Waals surface area contributed by atoms with Gasteiger partial charge in [-0.3, -0.25) is 14.4 Å². The predicted molar refractivity (Wildman–Crippen MR) is 165 cm³/mol. The Balaban J connectivity index is 1.19. The molecule has 0 unspecified atom stereocenters. The fraction of sp³-hybridized carbons (Fsp3) is 0.469. The molecule has 2 aromatic carbocycles. The van der Waals surface area contributed by atoms with Crippen LogP contribution in [0, 0.1) is 5.82 Å². The Morgan fingerprint density at radius 2 is 1.64 bits per heavy atom. The molecule has 4 rings (SSSR count). The fourth-order valence-corrected chi connectivity index (χ4v) is 5.04. The molecule has 0 bridgehead atoms. The van der Waals surface area contributed by atoms with Gasteiger partial charge in [-0.25, -0.2) is 14.3 Å². The van der Waals surface area contributed by atoms with Crippen molar-refractivity contribution in [2.75, 3.05) is 45.8 Å². The summed E-state index contributed by atoms with van der Waals surface area (Å²) < 4.78 is 20.0. The van der Waals surface area contributed by atoms with Crippen molar-refractivity contribution in [3.63, 3.8) is 0 Å². The van der Waals surface area contributed by atoms with Crippen LogP contribution in [0.5, 0.6) is 0 Å². The number of nitrogens with zero attached hydrogens (tertiary/aromatic N) is 3. The standard InChI is InChI=1S/C32H41FN6O5/c1-32(2,3)44-31(43)35-14-8-4-7-13-34-21-28(40)38-15-17-39(18-16-38)30(42)25-19-22(11-12-26(25)33)20-27-23-9-5-6-10-24(23)29(41)37-36-27/h5-6,9-12,19,34H,4,7-8,13-18,20-21H2,1-3H3,(H,35,43)(H,37,41). The van der Waals surface area contributed by atoms with Gasteiger partial charge in [-0.05, 0) is 63.9 Å². The number of rotatable bonds is 11.